The number of hydrogen-bond acceptors (Lipinski definition) is 4. The number of anilines is 1. The van der Waals surface area contributed by atoms with Gasteiger partial charge in [-0.3, -0.25) is 4.98 Å². The summed E-state index contributed by atoms with van der Waals surface area (Å²) in [5.41, 5.74) is 8.26. The average Bonchev–Trinajstić information content (AvgIpc) is 2.26. The Morgan fingerprint density at radius 1 is 1.50 bits per heavy atom. The van der Waals surface area contributed by atoms with Gasteiger partial charge >= 0.3 is 0 Å². The largest absolute Gasteiger partial charge is 0.391 e. The van der Waals surface area contributed by atoms with Crippen molar-refractivity contribution < 1.29 is 5.11 Å². The Morgan fingerprint density at radius 3 is 2.88 bits per heavy atom. The summed E-state index contributed by atoms with van der Waals surface area (Å²) in [6.45, 7) is 5.63. The van der Waals surface area contributed by atoms with Gasteiger partial charge in [-0.15, -0.1) is 0 Å². The maximum atomic E-state index is 9.82. The van der Waals surface area contributed by atoms with Crippen molar-refractivity contribution in [3.05, 3.63) is 24.0 Å². The van der Waals surface area contributed by atoms with Crippen LogP contribution in [-0.4, -0.2) is 35.3 Å². The number of rotatable bonds is 1. The zero-order chi connectivity index (χ0) is 11.7. The highest BCUT2D eigenvalue weighted by molar-refractivity contribution is 5.52. The van der Waals surface area contributed by atoms with E-state index in [-0.39, 0.29) is 12.0 Å². The normalized spacial score (nSPS) is 30.5. The molecule has 3 N–H and O–H groups in total. The molecule has 1 aromatic rings. The molecule has 0 aromatic carbocycles. The molecule has 1 fully saturated rings. The van der Waals surface area contributed by atoms with Crippen LogP contribution >= 0.6 is 0 Å². The van der Waals surface area contributed by atoms with Crippen LogP contribution in [0.3, 0.4) is 0 Å². The summed E-state index contributed by atoms with van der Waals surface area (Å²) >= 11 is 0. The molecule has 0 radical (unpaired) electrons. The molecule has 0 amide bonds. The van der Waals surface area contributed by atoms with Crippen LogP contribution in [0.1, 0.15) is 12.5 Å². The third-order valence-electron chi connectivity index (χ3n) is 3.29. The van der Waals surface area contributed by atoms with Crippen LogP contribution in [-0.2, 0) is 0 Å². The third kappa shape index (κ3) is 2.03. The van der Waals surface area contributed by atoms with Crippen molar-refractivity contribution in [2.45, 2.75) is 26.0 Å². The Kier molecular flexibility index (Phi) is 3.12. The zero-order valence-corrected chi connectivity index (χ0v) is 9.80. The van der Waals surface area contributed by atoms with Crippen LogP contribution in [0.4, 0.5) is 5.69 Å². The number of piperidine rings is 1. The molecule has 0 unspecified atom stereocenters. The fourth-order valence-corrected chi connectivity index (χ4v) is 2.33. The Balaban J connectivity index is 2.20. The molecule has 0 aliphatic carbocycles. The monoisotopic (exact) mass is 221 g/mol. The van der Waals surface area contributed by atoms with Gasteiger partial charge < -0.3 is 15.7 Å². The topological polar surface area (TPSA) is 62.4 Å². The first-order chi connectivity index (χ1) is 7.59. The third-order valence-corrected chi connectivity index (χ3v) is 3.29. The minimum Gasteiger partial charge on any atom is -0.391 e. The standard InChI is InChI=1S/C12H19N3O/c1-8-5-14-4-3-11(8)15-6-9(2)12(16)10(13)7-15/h3-5,9-10,12,16H,6-7,13H2,1-2H3/t9-,10+,12+/m0/s1. The number of nitrogens with zero attached hydrogens (tertiary/aromatic N) is 2. The summed E-state index contributed by atoms with van der Waals surface area (Å²) in [4.78, 5) is 6.32. The quantitative estimate of drug-likeness (QED) is 0.726. The van der Waals surface area contributed by atoms with Crippen molar-refractivity contribution in [3.8, 4) is 0 Å². The van der Waals surface area contributed by atoms with Crippen molar-refractivity contribution in [1.82, 2.24) is 4.98 Å². The predicted molar refractivity (Wildman–Crippen MR) is 64.3 cm³/mol. The summed E-state index contributed by atoms with van der Waals surface area (Å²) in [5, 5.41) is 9.82. The van der Waals surface area contributed by atoms with Gasteiger partial charge in [0.25, 0.3) is 0 Å². The predicted octanol–water partition coefficient (Wildman–Crippen LogP) is 0.534. The highest BCUT2D eigenvalue weighted by atomic mass is 16.3. The lowest BCUT2D eigenvalue weighted by Crippen LogP contribution is -2.55. The minimum absolute atomic E-state index is 0.170. The van der Waals surface area contributed by atoms with Crippen LogP contribution < -0.4 is 10.6 Å². The van der Waals surface area contributed by atoms with Crippen molar-refractivity contribution in [3.63, 3.8) is 0 Å². The fraction of sp³-hybridized carbons (Fsp3) is 0.583. The number of aliphatic hydroxyl groups excluding tert-OH is 1. The fourth-order valence-electron chi connectivity index (χ4n) is 2.33. The molecule has 88 valence electrons. The Morgan fingerprint density at radius 2 is 2.25 bits per heavy atom. The van der Waals surface area contributed by atoms with Crippen molar-refractivity contribution in [1.29, 1.82) is 0 Å². The van der Waals surface area contributed by atoms with Crippen molar-refractivity contribution in [2.75, 3.05) is 18.0 Å². The highest BCUT2D eigenvalue weighted by Gasteiger charge is 2.31. The molecule has 1 aromatic heterocycles. The van der Waals surface area contributed by atoms with E-state index in [2.05, 4.69) is 9.88 Å². The summed E-state index contributed by atoms with van der Waals surface area (Å²) in [5.74, 6) is 0.205. The smallest absolute Gasteiger partial charge is 0.0750 e. The van der Waals surface area contributed by atoms with E-state index in [0.717, 1.165) is 12.1 Å². The zero-order valence-electron chi connectivity index (χ0n) is 9.80. The molecule has 4 nitrogen and oxygen atoms in total. The number of aliphatic hydroxyl groups is 1. The van der Waals surface area contributed by atoms with Crippen LogP contribution in [0, 0.1) is 12.8 Å². The molecule has 1 aliphatic heterocycles. The molecule has 0 spiro atoms. The first-order valence-electron chi connectivity index (χ1n) is 5.69. The van der Waals surface area contributed by atoms with Gasteiger partial charge in [0.15, 0.2) is 0 Å². The molecular weight excluding hydrogens is 202 g/mol. The first-order valence-corrected chi connectivity index (χ1v) is 5.69. The number of aromatic nitrogens is 1. The molecule has 0 bridgehead atoms. The SMILES string of the molecule is Cc1cnccc1N1C[C@@H](N)[C@H](O)[C@@H](C)C1. The lowest BCUT2D eigenvalue weighted by Gasteiger charge is -2.40. The van der Waals surface area contributed by atoms with E-state index in [1.54, 1.807) is 6.20 Å². The van der Waals surface area contributed by atoms with E-state index in [9.17, 15) is 5.11 Å². The second-order valence-electron chi connectivity index (χ2n) is 4.70. The molecule has 2 heterocycles. The van der Waals surface area contributed by atoms with Gasteiger partial charge in [-0.25, -0.2) is 0 Å². The van der Waals surface area contributed by atoms with E-state index >= 15 is 0 Å². The minimum atomic E-state index is -0.390. The number of nitrogens with two attached hydrogens (primary N) is 1. The molecule has 0 saturated carbocycles. The molecule has 4 heteroatoms. The number of pyridine rings is 1. The maximum absolute atomic E-state index is 9.82. The van der Waals surface area contributed by atoms with Crippen LogP contribution in [0.25, 0.3) is 0 Å². The van der Waals surface area contributed by atoms with Crippen LogP contribution in [0.15, 0.2) is 18.5 Å². The van der Waals surface area contributed by atoms with Crippen LogP contribution in [0.5, 0.6) is 0 Å². The first kappa shape index (κ1) is 11.4. The lowest BCUT2D eigenvalue weighted by atomic mass is 9.92. The second-order valence-corrected chi connectivity index (χ2v) is 4.70. The average molecular weight is 221 g/mol. The Labute approximate surface area is 96.1 Å². The van der Waals surface area contributed by atoms with Crippen molar-refractivity contribution >= 4 is 5.69 Å². The summed E-state index contributed by atoms with van der Waals surface area (Å²) in [7, 11) is 0. The van der Waals surface area contributed by atoms with E-state index in [0.29, 0.717) is 6.54 Å². The van der Waals surface area contributed by atoms with E-state index in [1.807, 2.05) is 26.1 Å². The van der Waals surface area contributed by atoms with Gasteiger partial charge in [-0.1, -0.05) is 6.92 Å². The summed E-state index contributed by atoms with van der Waals surface area (Å²) in [6, 6.07) is 1.84. The Hall–Kier alpha value is -1.13. The van der Waals surface area contributed by atoms with E-state index in [4.69, 9.17) is 5.73 Å². The Bertz CT molecular complexity index is 357. The van der Waals surface area contributed by atoms with Crippen molar-refractivity contribution in [2.24, 2.45) is 11.7 Å². The van der Waals surface area contributed by atoms with Gasteiger partial charge in [-0.2, -0.15) is 0 Å². The number of aryl methyl sites for hydroxylation is 1. The van der Waals surface area contributed by atoms with Gasteiger partial charge in [0.05, 0.1) is 6.10 Å². The maximum Gasteiger partial charge on any atom is 0.0750 e. The molecule has 16 heavy (non-hydrogen) atoms. The van der Waals surface area contributed by atoms with E-state index in [1.165, 1.54) is 5.69 Å². The summed E-state index contributed by atoms with van der Waals surface area (Å²) < 4.78 is 0. The number of hydrogen-bond donors (Lipinski definition) is 2. The molecule has 1 saturated heterocycles. The molecular formula is C12H19N3O. The molecule has 3 atom stereocenters. The summed E-state index contributed by atoms with van der Waals surface area (Å²) in [6.07, 6.45) is 3.26. The lowest BCUT2D eigenvalue weighted by molar-refractivity contribution is 0.0785. The molecule has 1 aliphatic rings. The van der Waals surface area contributed by atoms with Gasteiger partial charge in [0.1, 0.15) is 0 Å². The second kappa shape index (κ2) is 4.39. The highest BCUT2D eigenvalue weighted by Crippen LogP contribution is 2.24. The molecule has 2 rings (SSSR count). The van der Waals surface area contributed by atoms with E-state index < -0.39 is 6.10 Å². The van der Waals surface area contributed by atoms with Gasteiger partial charge in [-0.05, 0) is 18.6 Å². The van der Waals surface area contributed by atoms with Crippen LogP contribution in [0.2, 0.25) is 0 Å². The van der Waals surface area contributed by atoms with Gasteiger partial charge in [0.2, 0.25) is 0 Å². The van der Waals surface area contributed by atoms with Gasteiger partial charge in [0, 0.05) is 43.1 Å².